The Balaban J connectivity index is 2.00. The Kier molecular flexibility index (Phi) is 5.00. The van der Waals surface area contributed by atoms with E-state index >= 15 is 0 Å². The number of methoxy groups -OCH3 is 1. The summed E-state index contributed by atoms with van der Waals surface area (Å²) in [5.41, 5.74) is 1.79. The fourth-order valence-corrected chi connectivity index (χ4v) is 2.33. The Bertz CT molecular complexity index is 653. The van der Waals surface area contributed by atoms with Crippen LogP contribution in [-0.4, -0.2) is 42.8 Å². The van der Waals surface area contributed by atoms with Gasteiger partial charge in [0.15, 0.2) is 0 Å². The number of rotatable bonds is 2. The molecule has 0 radical (unpaired) electrons. The molecule has 1 aromatic rings. The highest BCUT2D eigenvalue weighted by Gasteiger charge is 2.29. The summed E-state index contributed by atoms with van der Waals surface area (Å²) in [5, 5.41) is 0.469. The minimum atomic E-state index is -0.496. The number of carbonyl (C=O) groups is 2. The highest BCUT2D eigenvalue weighted by molar-refractivity contribution is 6.32. The van der Waals surface area contributed by atoms with Crippen LogP contribution in [0.3, 0.4) is 0 Å². The lowest BCUT2D eigenvalue weighted by atomic mass is 10.0. The third-order valence-corrected chi connectivity index (χ3v) is 3.55. The summed E-state index contributed by atoms with van der Waals surface area (Å²) in [6.07, 6.45) is 1.60. The van der Waals surface area contributed by atoms with E-state index in [-0.39, 0.29) is 6.09 Å². The molecule has 6 heteroatoms. The van der Waals surface area contributed by atoms with Gasteiger partial charge in [0.25, 0.3) is 0 Å². The summed E-state index contributed by atoms with van der Waals surface area (Å²) >= 11 is 6.18. The molecule has 0 atom stereocenters. The van der Waals surface area contributed by atoms with Crippen molar-refractivity contribution in [2.24, 2.45) is 0 Å². The number of carbonyl (C=O) groups excluding carboxylic acids is 2. The Morgan fingerprint density at radius 2 is 1.91 bits per heavy atom. The molecule has 0 bridgehead atoms. The van der Waals surface area contributed by atoms with Gasteiger partial charge in [-0.15, -0.1) is 0 Å². The molecular formula is C17H20ClNO4. The largest absolute Gasteiger partial charge is 0.465 e. The van der Waals surface area contributed by atoms with E-state index in [0.717, 1.165) is 11.1 Å². The molecule has 2 rings (SSSR count). The fraction of sp³-hybridized carbons (Fsp3) is 0.412. The predicted octanol–water partition coefficient (Wildman–Crippen LogP) is 3.76. The lowest BCUT2D eigenvalue weighted by Crippen LogP contribution is -2.46. The number of benzene rings is 1. The normalized spacial score (nSPS) is 14.1. The summed E-state index contributed by atoms with van der Waals surface area (Å²) in [6, 6.07) is 5.00. The first-order valence-electron chi connectivity index (χ1n) is 7.25. The first kappa shape index (κ1) is 17.3. The van der Waals surface area contributed by atoms with E-state index < -0.39 is 11.6 Å². The van der Waals surface area contributed by atoms with Gasteiger partial charge in [-0.05, 0) is 44.0 Å². The number of nitrogens with zero attached hydrogens (tertiary/aromatic N) is 1. The minimum Gasteiger partial charge on any atom is -0.465 e. The molecule has 0 aromatic heterocycles. The average molecular weight is 338 g/mol. The van der Waals surface area contributed by atoms with Crippen LogP contribution in [0.25, 0.3) is 6.08 Å². The van der Waals surface area contributed by atoms with E-state index in [2.05, 4.69) is 4.74 Å². The van der Waals surface area contributed by atoms with Gasteiger partial charge in [-0.1, -0.05) is 23.7 Å². The summed E-state index contributed by atoms with van der Waals surface area (Å²) in [7, 11) is 1.33. The van der Waals surface area contributed by atoms with Crippen molar-refractivity contribution in [3.63, 3.8) is 0 Å². The van der Waals surface area contributed by atoms with Gasteiger partial charge in [0, 0.05) is 18.1 Å². The van der Waals surface area contributed by atoms with Crippen molar-refractivity contribution in [3.8, 4) is 0 Å². The van der Waals surface area contributed by atoms with Crippen LogP contribution >= 0.6 is 11.6 Å². The molecule has 1 saturated heterocycles. The second kappa shape index (κ2) is 6.62. The summed E-state index contributed by atoms with van der Waals surface area (Å²) in [6.45, 7) is 6.55. The molecule has 23 heavy (non-hydrogen) atoms. The van der Waals surface area contributed by atoms with E-state index in [4.69, 9.17) is 16.3 Å². The number of halogens is 1. The molecule has 1 aliphatic heterocycles. The van der Waals surface area contributed by atoms with Crippen LogP contribution in [0.5, 0.6) is 0 Å². The van der Waals surface area contributed by atoms with Gasteiger partial charge in [-0.2, -0.15) is 0 Å². The quantitative estimate of drug-likeness (QED) is 0.771. The zero-order valence-electron chi connectivity index (χ0n) is 13.7. The first-order chi connectivity index (χ1) is 10.7. The second-order valence-electron chi connectivity index (χ2n) is 6.37. The highest BCUT2D eigenvalue weighted by atomic mass is 35.5. The predicted molar refractivity (Wildman–Crippen MR) is 88.6 cm³/mol. The molecule has 1 heterocycles. The lowest BCUT2D eigenvalue weighted by Gasteiger charge is -2.35. The molecule has 5 nitrogen and oxygen atoms in total. The number of hydrogen-bond acceptors (Lipinski definition) is 4. The number of amides is 1. The van der Waals surface area contributed by atoms with E-state index in [1.807, 2.05) is 26.8 Å². The maximum absolute atomic E-state index is 11.9. The van der Waals surface area contributed by atoms with Crippen LogP contribution in [0.4, 0.5) is 4.79 Å². The second-order valence-corrected chi connectivity index (χ2v) is 6.77. The molecule has 124 valence electrons. The zero-order valence-corrected chi connectivity index (χ0v) is 14.4. The van der Waals surface area contributed by atoms with Gasteiger partial charge in [0.05, 0.1) is 12.7 Å². The molecule has 0 saturated carbocycles. The summed E-state index contributed by atoms with van der Waals surface area (Å²) in [5.74, 6) is -0.425. The molecular weight excluding hydrogens is 318 g/mol. The summed E-state index contributed by atoms with van der Waals surface area (Å²) < 4.78 is 9.95. The van der Waals surface area contributed by atoms with Crippen LogP contribution in [-0.2, 0) is 9.47 Å². The van der Waals surface area contributed by atoms with E-state index in [1.165, 1.54) is 7.11 Å². The molecule has 1 aromatic carbocycles. The van der Waals surface area contributed by atoms with Gasteiger partial charge >= 0.3 is 12.1 Å². The third-order valence-electron chi connectivity index (χ3n) is 3.22. The minimum absolute atomic E-state index is 0.318. The Hall–Kier alpha value is -2.01. The van der Waals surface area contributed by atoms with Crippen molar-refractivity contribution in [2.45, 2.75) is 26.4 Å². The molecule has 1 aliphatic rings. The van der Waals surface area contributed by atoms with Gasteiger partial charge in [0.1, 0.15) is 5.60 Å². The Morgan fingerprint density at radius 1 is 1.26 bits per heavy atom. The molecule has 0 unspecified atom stereocenters. The van der Waals surface area contributed by atoms with Crippen molar-refractivity contribution in [3.05, 3.63) is 39.9 Å². The first-order valence-corrected chi connectivity index (χ1v) is 7.62. The van der Waals surface area contributed by atoms with Gasteiger partial charge in [-0.25, -0.2) is 9.59 Å². The third kappa shape index (κ3) is 4.48. The van der Waals surface area contributed by atoms with Gasteiger partial charge < -0.3 is 14.4 Å². The standard InChI is InChI=1S/C17H20ClNO4/c1-17(2,3)23-16(21)19-9-11(10-19)7-12-5-6-13(8-14(12)18)15(20)22-4/h5-8H,9-10H2,1-4H3. The number of hydrogen-bond donors (Lipinski definition) is 0. The van der Waals surface area contributed by atoms with E-state index in [0.29, 0.717) is 23.7 Å². The van der Waals surface area contributed by atoms with Crippen molar-refractivity contribution in [2.75, 3.05) is 20.2 Å². The molecule has 0 N–H and O–H groups in total. The molecule has 0 spiro atoms. The van der Waals surface area contributed by atoms with Gasteiger partial charge in [0.2, 0.25) is 0 Å². The molecule has 1 fully saturated rings. The molecule has 1 amide bonds. The topological polar surface area (TPSA) is 55.8 Å². The van der Waals surface area contributed by atoms with Crippen molar-refractivity contribution < 1.29 is 19.1 Å². The summed E-state index contributed by atoms with van der Waals surface area (Å²) in [4.78, 5) is 24.9. The highest BCUT2D eigenvalue weighted by Crippen LogP contribution is 2.25. The van der Waals surface area contributed by atoms with Crippen LogP contribution in [0.15, 0.2) is 23.8 Å². The maximum Gasteiger partial charge on any atom is 0.410 e. The number of likely N-dealkylation sites (tertiary alicyclic amines) is 1. The Morgan fingerprint density at radius 3 is 2.43 bits per heavy atom. The monoisotopic (exact) mass is 337 g/mol. The Labute approximate surface area is 140 Å². The SMILES string of the molecule is COC(=O)c1ccc(C=C2CN(C(=O)OC(C)(C)C)C2)c(Cl)c1. The van der Waals surface area contributed by atoms with Crippen LogP contribution < -0.4 is 0 Å². The van der Waals surface area contributed by atoms with Crippen molar-refractivity contribution >= 4 is 29.7 Å². The van der Waals surface area contributed by atoms with Crippen molar-refractivity contribution in [1.82, 2.24) is 4.90 Å². The van der Waals surface area contributed by atoms with Crippen molar-refractivity contribution in [1.29, 1.82) is 0 Å². The van der Waals surface area contributed by atoms with Crippen LogP contribution in [0, 0.1) is 0 Å². The van der Waals surface area contributed by atoms with E-state index in [1.54, 1.807) is 23.1 Å². The lowest BCUT2D eigenvalue weighted by molar-refractivity contribution is 0.0216. The van der Waals surface area contributed by atoms with Crippen LogP contribution in [0.2, 0.25) is 5.02 Å². The van der Waals surface area contributed by atoms with Crippen LogP contribution in [0.1, 0.15) is 36.7 Å². The fourth-order valence-electron chi connectivity index (χ4n) is 2.10. The van der Waals surface area contributed by atoms with E-state index in [9.17, 15) is 9.59 Å². The number of esters is 1. The van der Waals surface area contributed by atoms with Gasteiger partial charge in [-0.3, -0.25) is 0 Å². The average Bonchev–Trinajstić information content (AvgIpc) is 2.40. The molecule has 0 aliphatic carbocycles. The smallest absolute Gasteiger partial charge is 0.410 e. The zero-order chi connectivity index (χ0) is 17.2. The number of ether oxygens (including phenoxy) is 2. The maximum atomic E-state index is 11.9.